The van der Waals surface area contributed by atoms with Crippen molar-refractivity contribution in [2.45, 2.75) is 33.3 Å². The molecule has 0 saturated heterocycles. The molecule has 3 N–H and O–H groups in total. The number of nitrogens with zero attached hydrogens (tertiary/aromatic N) is 1. The predicted molar refractivity (Wildman–Crippen MR) is 74.6 cm³/mol. The van der Waals surface area contributed by atoms with Gasteiger partial charge in [-0.05, 0) is 24.8 Å². The van der Waals surface area contributed by atoms with Gasteiger partial charge in [0.05, 0.1) is 17.2 Å². The van der Waals surface area contributed by atoms with Gasteiger partial charge in [-0.25, -0.2) is 0 Å². The molecule has 1 rings (SSSR count). The van der Waals surface area contributed by atoms with Crippen molar-refractivity contribution in [3.8, 4) is 0 Å². The van der Waals surface area contributed by atoms with Crippen LogP contribution in [-0.4, -0.2) is 11.5 Å². The zero-order valence-electron chi connectivity index (χ0n) is 11.4. The van der Waals surface area contributed by atoms with E-state index in [9.17, 15) is 10.1 Å². The first-order valence-corrected chi connectivity index (χ1v) is 6.36. The fraction of sp³-hybridized carbons (Fsp3) is 0.538. The molecule has 0 aliphatic rings. The summed E-state index contributed by atoms with van der Waals surface area (Å²) in [4.78, 5) is 10.3. The molecule has 0 unspecified atom stereocenters. The van der Waals surface area contributed by atoms with Crippen LogP contribution in [0.5, 0.6) is 0 Å². The molecule has 19 heavy (non-hydrogen) atoms. The van der Waals surface area contributed by atoms with Crippen molar-refractivity contribution < 1.29 is 9.66 Å². The Hall–Kier alpha value is -1.66. The van der Waals surface area contributed by atoms with Gasteiger partial charge in [0.1, 0.15) is 0 Å². The highest BCUT2D eigenvalue weighted by atomic mass is 16.6. The highest BCUT2D eigenvalue weighted by Gasteiger charge is 2.10. The van der Waals surface area contributed by atoms with Crippen LogP contribution in [-0.2, 0) is 11.3 Å². The lowest BCUT2D eigenvalue weighted by molar-refractivity contribution is -0.384. The zero-order valence-corrected chi connectivity index (χ0v) is 11.4. The van der Waals surface area contributed by atoms with E-state index >= 15 is 0 Å². The van der Waals surface area contributed by atoms with E-state index in [2.05, 4.69) is 19.3 Å². The zero-order chi connectivity index (χ0) is 14.3. The molecule has 0 heterocycles. The Labute approximate surface area is 113 Å². The highest BCUT2D eigenvalue weighted by molar-refractivity contribution is 5.55. The van der Waals surface area contributed by atoms with Crippen LogP contribution in [0.1, 0.15) is 32.3 Å². The normalized spacial score (nSPS) is 10.7. The quantitative estimate of drug-likeness (QED) is 0.327. The van der Waals surface area contributed by atoms with Crippen LogP contribution in [0.2, 0.25) is 0 Å². The molecule has 0 aliphatic heterocycles. The molecule has 6 nitrogen and oxygen atoms in total. The number of hydrogen-bond acceptors (Lipinski definition) is 5. The van der Waals surface area contributed by atoms with E-state index in [4.69, 9.17) is 10.6 Å². The number of rotatable bonds is 8. The summed E-state index contributed by atoms with van der Waals surface area (Å²) in [7, 11) is 0. The topological polar surface area (TPSA) is 90.4 Å². The fourth-order valence-corrected chi connectivity index (χ4v) is 1.73. The molecule has 106 valence electrons. The summed E-state index contributed by atoms with van der Waals surface area (Å²) in [5, 5.41) is 10.7. The summed E-state index contributed by atoms with van der Waals surface area (Å²) in [5.74, 6) is 6.03. The Balaban J connectivity index is 2.55. The van der Waals surface area contributed by atoms with E-state index in [1.54, 1.807) is 6.07 Å². The number of nitrogens with one attached hydrogen (secondary N) is 1. The molecular formula is C13H21N3O3. The smallest absolute Gasteiger partial charge is 0.269 e. The minimum Gasteiger partial charge on any atom is -0.377 e. The summed E-state index contributed by atoms with van der Waals surface area (Å²) in [5.41, 5.74) is 3.90. The second kappa shape index (κ2) is 7.70. The number of non-ortho nitro benzene ring substituents is 1. The van der Waals surface area contributed by atoms with E-state index in [1.807, 2.05) is 0 Å². The molecule has 0 fully saturated rings. The van der Waals surface area contributed by atoms with Crippen LogP contribution in [0, 0.1) is 16.0 Å². The molecule has 0 radical (unpaired) electrons. The lowest BCUT2D eigenvalue weighted by atomic mass is 10.1. The van der Waals surface area contributed by atoms with Crippen LogP contribution < -0.4 is 11.3 Å². The third kappa shape index (κ3) is 5.23. The molecule has 1 aromatic rings. The summed E-state index contributed by atoms with van der Waals surface area (Å²) in [6, 6.07) is 4.49. The number of nitro benzene ring substituents is 1. The lowest BCUT2D eigenvalue weighted by Gasteiger charge is -2.10. The Morgan fingerprint density at radius 2 is 2.21 bits per heavy atom. The Morgan fingerprint density at radius 1 is 1.47 bits per heavy atom. The molecule has 6 heteroatoms. The van der Waals surface area contributed by atoms with E-state index < -0.39 is 4.92 Å². The first-order valence-electron chi connectivity index (χ1n) is 6.36. The van der Waals surface area contributed by atoms with Crippen LogP contribution in [0.25, 0.3) is 0 Å². The van der Waals surface area contributed by atoms with Crippen molar-refractivity contribution in [1.29, 1.82) is 0 Å². The van der Waals surface area contributed by atoms with E-state index in [-0.39, 0.29) is 5.69 Å². The summed E-state index contributed by atoms with van der Waals surface area (Å²) >= 11 is 0. The minimum atomic E-state index is -0.428. The average Bonchev–Trinajstić information content (AvgIpc) is 2.37. The molecule has 0 amide bonds. The van der Waals surface area contributed by atoms with Gasteiger partial charge in [-0.2, -0.15) is 0 Å². The van der Waals surface area contributed by atoms with Crippen molar-refractivity contribution in [2.75, 3.05) is 12.0 Å². The number of nitrogens with two attached hydrogens (primary N) is 1. The second-order valence-corrected chi connectivity index (χ2v) is 4.83. The SMILES string of the molecule is CC(C)CCCOCc1cc([N+](=O)[O-])ccc1NN. The molecular weight excluding hydrogens is 246 g/mol. The Morgan fingerprint density at radius 3 is 2.79 bits per heavy atom. The largest absolute Gasteiger partial charge is 0.377 e. The average molecular weight is 267 g/mol. The molecule has 0 saturated carbocycles. The number of ether oxygens (including phenoxy) is 1. The van der Waals surface area contributed by atoms with Gasteiger partial charge in [-0.1, -0.05) is 13.8 Å². The van der Waals surface area contributed by atoms with Gasteiger partial charge in [-0.15, -0.1) is 0 Å². The van der Waals surface area contributed by atoms with Crippen molar-refractivity contribution in [2.24, 2.45) is 11.8 Å². The maximum atomic E-state index is 10.7. The van der Waals surface area contributed by atoms with Gasteiger partial charge in [0, 0.05) is 24.3 Å². The van der Waals surface area contributed by atoms with Gasteiger partial charge < -0.3 is 10.2 Å². The monoisotopic (exact) mass is 267 g/mol. The second-order valence-electron chi connectivity index (χ2n) is 4.83. The molecule has 1 aromatic carbocycles. The number of nitrogen functional groups attached to an aromatic ring is 1. The van der Waals surface area contributed by atoms with Crippen LogP contribution in [0.3, 0.4) is 0 Å². The molecule has 0 atom stereocenters. The van der Waals surface area contributed by atoms with Crippen molar-refractivity contribution in [1.82, 2.24) is 0 Å². The molecule has 0 aliphatic carbocycles. The van der Waals surface area contributed by atoms with Crippen molar-refractivity contribution >= 4 is 11.4 Å². The van der Waals surface area contributed by atoms with Gasteiger partial charge in [0.15, 0.2) is 0 Å². The van der Waals surface area contributed by atoms with Gasteiger partial charge in [-0.3, -0.25) is 16.0 Å². The summed E-state index contributed by atoms with van der Waals surface area (Å²) < 4.78 is 5.53. The summed E-state index contributed by atoms with van der Waals surface area (Å²) in [6.45, 7) is 5.29. The summed E-state index contributed by atoms with van der Waals surface area (Å²) in [6.07, 6.45) is 2.09. The van der Waals surface area contributed by atoms with Crippen molar-refractivity contribution in [3.63, 3.8) is 0 Å². The Bertz CT molecular complexity index is 422. The number of anilines is 1. The van der Waals surface area contributed by atoms with E-state index in [0.29, 0.717) is 30.4 Å². The molecule has 0 spiro atoms. The standard InChI is InChI=1S/C13H21N3O3/c1-10(2)4-3-7-19-9-11-8-12(16(17)18)5-6-13(11)15-14/h5-6,8,10,15H,3-4,7,9,14H2,1-2H3. The first-order chi connectivity index (χ1) is 9.04. The van der Waals surface area contributed by atoms with E-state index in [0.717, 1.165) is 12.8 Å². The van der Waals surface area contributed by atoms with Crippen molar-refractivity contribution in [3.05, 3.63) is 33.9 Å². The number of hydrogen-bond donors (Lipinski definition) is 2. The molecule has 0 aromatic heterocycles. The number of hydrazine groups is 1. The van der Waals surface area contributed by atoms with Crippen LogP contribution >= 0.6 is 0 Å². The highest BCUT2D eigenvalue weighted by Crippen LogP contribution is 2.22. The van der Waals surface area contributed by atoms with E-state index in [1.165, 1.54) is 12.1 Å². The first kappa shape index (κ1) is 15.4. The van der Waals surface area contributed by atoms with Gasteiger partial charge in [0.25, 0.3) is 5.69 Å². The third-order valence-electron chi connectivity index (χ3n) is 2.78. The van der Waals surface area contributed by atoms with Gasteiger partial charge >= 0.3 is 0 Å². The maximum absolute atomic E-state index is 10.7. The lowest BCUT2D eigenvalue weighted by Crippen LogP contribution is -2.10. The van der Waals surface area contributed by atoms with Crippen LogP contribution in [0.15, 0.2) is 18.2 Å². The number of nitro groups is 1. The predicted octanol–water partition coefficient (Wildman–Crippen LogP) is 2.83. The fourth-order valence-electron chi connectivity index (χ4n) is 1.73. The Kier molecular flexibility index (Phi) is 6.24. The van der Waals surface area contributed by atoms with Gasteiger partial charge in [0.2, 0.25) is 0 Å². The number of benzene rings is 1. The maximum Gasteiger partial charge on any atom is 0.269 e. The van der Waals surface area contributed by atoms with Crippen LogP contribution in [0.4, 0.5) is 11.4 Å². The third-order valence-corrected chi connectivity index (χ3v) is 2.78. The minimum absolute atomic E-state index is 0.0415. The molecule has 0 bridgehead atoms.